The van der Waals surface area contributed by atoms with Gasteiger partial charge in [0.15, 0.2) is 0 Å². The molecule has 1 aliphatic heterocycles. The van der Waals surface area contributed by atoms with Crippen LogP contribution in [0.25, 0.3) is 0 Å². The highest BCUT2D eigenvalue weighted by Crippen LogP contribution is 2.29. The fourth-order valence-corrected chi connectivity index (χ4v) is 2.90. The van der Waals surface area contributed by atoms with Gasteiger partial charge in [0.05, 0.1) is 0 Å². The van der Waals surface area contributed by atoms with Crippen LogP contribution in [0.15, 0.2) is 0 Å². The van der Waals surface area contributed by atoms with E-state index >= 15 is 0 Å². The van der Waals surface area contributed by atoms with Crippen LogP contribution in [0.5, 0.6) is 0 Å². The molecule has 0 aromatic rings. The van der Waals surface area contributed by atoms with Crippen molar-refractivity contribution >= 4 is 0 Å². The summed E-state index contributed by atoms with van der Waals surface area (Å²) in [5.74, 6) is 0.783. The van der Waals surface area contributed by atoms with Crippen LogP contribution in [0, 0.1) is 5.92 Å². The van der Waals surface area contributed by atoms with E-state index in [1.807, 2.05) is 0 Å². The lowest BCUT2D eigenvalue weighted by atomic mass is 9.86. The second-order valence-corrected chi connectivity index (χ2v) is 5.58. The molecule has 0 spiro atoms. The van der Waals surface area contributed by atoms with Gasteiger partial charge in [0.2, 0.25) is 0 Å². The molecule has 1 aliphatic rings. The zero-order valence-electron chi connectivity index (χ0n) is 11.8. The summed E-state index contributed by atoms with van der Waals surface area (Å²) in [6, 6.07) is 0.735. The SMILES string of the molecule is CCNC1CCN(C(C)(CC)CC)CC1C. The van der Waals surface area contributed by atoms with Gasteiger partial charge >= 0.3 is 0 Å². The number of piperidine rings is 1. The van der Waals surface area contributed by atoms with E-state index in [9.17, 15) is 0 Å². The summed E-state index contributed by atoms with van der Waals surface area (Å²) in [4.78, 5) is 2.71. The zero-order chi connectivity index (χ0) is 12.2. The van der Waals surface area contributed by atoms with Crippen molar-refractivity contribution < 1.29 is 0 Å². The van der Waals surface area contributed by atoms with Crippen LogP contribution in [-0.2, 0) is 0 Å². The maximum atomic E-state index is 3.62. The predicted molar refractivity (Wildman–Crippen MR) is 71.8 cm³/mol. The molecule has 0 aromatic carbocycles. The number of hydrogen-bond donors (Lipinski definition) is 1. The summed E-state index contributed by atoms with van der Waals surface area (Å²) in [5.41, 5.74) is 0.422. The lowest BCUT2D eigenvalue weighted by molar-refractivity contribution is 0.0380. The molecule has 1 N–H and O–H groups in total. The first-order valence-corrected chi connectivity index (χ1v) is 7.05. The second-order valence-electron chi connectivity index (χ2n) is 5.58. The first-order valence-electron chi connectivity index (χ1n) is 7.05. The molecule has 1 rings (SSSR count). The van der Waals surface area contributed by atoms with Crippen LogP contribution in [0.4, 0.5) is 0 Å². The van der Waals surface area contributed by atoms with Gasteiger partial charge in [0.1, 0.15) is 0 Å². The van der Waals surface area contributed by atoms with Gasteiger partial charge in [-0.3, -0.25) is 4.90 Å². The van der Waals surface area contributed by atoms with Crippen LogP contribution in [-0.4, -0.2) is 36.1 Å². The summed E-state index contributed by atoms with van der Waals surface area (Å²) in [6.45, 7) is 15.3. The highest BCUT2D eigenvalue weighted by molar-refractivity contribution is 4.91. The monoisotopic (exact) mass is 226 g/mol. The topological polar surface area (TPSA) is 15.3 Å². The molecule has 0 aliphatic carbocycles. The predicted octanol–water partition coefficient (Wildman–Crippen LogP) is 2.89. The first kappa shape index (κ1) is 14.0. The minimum absolute atomic E-state index is 0.422. The molecule has 0 aromatic heterocycles. The molecule has 2 atom stereocenters. The van der Waals surface area contributed by atoms with Gasteiger partial charge in [-0.1, -0.05) is 27.7 Å². The summed E-state index contributed by atoms with van der Waals surface area (Å²) in [6.07, 6.45) is 3.84. The standard InChI is InChI=1S/C14H30N2/c1-6-14(5,7-2)16-10-9-13(15-8-3)12(4)11-16/h12-13,15H,6-11H2,1-5H3. The van der Waals surface area contributed by atoms with Crippen LogP contribution < -0.4 is 5.32 Å². The highest BCUT2D eigenvalue weighted by atomic mass is 15.2. The van der Waals surface area contributed by atoms with E-state index in [0.717, 1.165) is 18.5 Å². The van der Waals surface area contributed by atoms with Crippen LogP contribution in [0.2, 0.25) is 0 Å². The first-order chi connectivity index (χ1) is 7.57. The van der Waals surface area contributed by atoms with E-state index in [-0.39, 0.29) is 0 Å². The van der Waals surface area contributed by atoms with Gasteiger partial charge in [0.25, 0.3) is 0 Å². The minimum atomic E-state index is 0.422. The third kappa shape index (κ3) is 2.98. The van der Waals surface area contributed by atoms with Crippen LogP contribution in [0.1, 0.15) is 53.9 Å². The van der Waals surface area contributed by atoms with E-state index < -0.39 is 0 Å². The normalized spacial score (nSPS) is 28.3. The third-order valence-corrected chi connectivity index (χ3v) is 4.66. The number of likely N-dealkylation sites (tertiary alicyclic amines) is 1. The van der Waals surface area contributed by atoms with E-state index in [4.69, 9.17) is 0 Å². The summed E-state index contributed by atoms with van der Waals surface area (Å²) in [5, 5.41) is 3.62. The zero-order valence-corrected chi connectivity index (χ0v) is 11.8. The number of rotatable bonds is 5. The molecule has 1 fully saturated rings. The van der Waals surface area contributed by atoms with Crippen molar-refractivity contribution in [3.63, 3.8) is 0 Å². The molecular weight excluding hydrogens is 196 g/mol. The fraction of sp³-hybridized carbons (Fsp3) is 1.00. The van der Waals surface area contributed by atoms with Crippen molar-refractivity contribution in [3.8, 4) is 0 Å². The lowest BCUT2D eigenvalue weighted by Gasteiger charge is -2.47. The molecule has 2 heteroatoms. The maximum absolute atomic E-state index is 3.62. The van der Waals surface area contributed by atoms with Crippen molar-refractivity contribution in [2.75, 3.05) is 19.6 Å². The third-order valence-electron chi connectivity index (χ3n) is 4.66. The van der Waals surface area contributed by atoms with E-state index in [1.54, 1.807) is 0 Å². The Morgan fingerprint density at radius 1 is 1.25 bits per heavy atom. The largest absolute Gasteiger partial charge is 0.314 e. The quantitative estimate of drug-likeness (QED) is 0.775. The van der Waals surface area contributed by atoms with Crippen molar-refractivity contribution in [2.24, 2.45) is 5.92 Å². The molecule has 0 saturated carbocycles. The van der Waals surface area contributed by atoms with Crippen molar-refractivity contribution in [2.45, 2.75) is 65.5 Å². The number of hydrogen-bond acceptors (Lipinski definition) is 2. The van der Waals surface area contributed by atoms with Crippen molar-refractivity contribution in [3.05, 3.63) is 0 Å². The van der Waals surface area contributed by atoms with Crippen molar-refractivity contribution in [1.29, 1.82) is 0 Å². The van der Waals surface area contributed by atoms with Crippen molar-refractivity contribution in [1.82, 2.24) is 10.2 Å². The Balaban J connectivity index is 2.56. The van der Waals surface area contributed by atoms with Gasteiger partial charge in [-0.15, -0.1) is 0 Å². The molecule has 1 saturated heterocycles. The maximum Gasteiger partial charge on any atom is 0.0176 e. The van der Waals surface area contributed by atoms with Gasteiger partial charge in [-0.25, -0.2) is 0 Å². The van der Waals surface area contributed by atoms with E-state index in [0.29, 0.717) is 5.54 Å². The molecule has 0 bridgehead atoms. The molecule has 1 heterocycles. The molecule has 0 radical (unpaired) electrons. The Hall–Kier alpha value is -0.0800. The molecule has 2 unspecified atom stereocenters. The molecular formula is C14H30N2. The Morgan fingerprint density at radius 3 is 2.31 bits per heavy atom. The molecule has 16 heavy (non-hydrogen) atoms. The number of nitrogens with one attached hydrogen (secondary N) is 1. The van der Waals surface area contributed by atoms with Gasteiger partial charge in [-0.2, -0.15) is 0 Å². The Kier molecular flexibility index (Phi) is 5.26. The minimum Gasteiger partial charge on any atom is -0.314 e. The second kappa shape index (κ2) is 6.02. The van der Waals surface area contributed by atoms with Gasteiger partial charge < -0.3 is 5.32 Å². The smallest absolute Gasteiger partial charge is 0.0176 e. The molecule has 96 valence electrons. The average molecular weight is 226 g/mol. The molecule has 2 nitrogen and oxygen atoms in total. The van der Waals surface area contributed by atoms with E-state index in [1.165, 1.54) is 32.4 Å². The fourth-order valence-electron chi connectivity index (χ4n) is 2.90. The van der Waals surface area contributed by atoms with Crippen LogP contribution in [0.3, 0.4) is 0 Å². The Bertz CT molecular complexity index is 199. The summed E-state index contributed by atoms with van der Waals surface area (Å²) < 4.78 is 0. The lowest BCUT2D eigenvalue weighted by Crippen LogP contribution is -2.55. The molecule has 0 amide bonds. The Morgan fingerprint density at radius 2 is 1.88 bits per heavy atom. The van der Waals surface area contributed by atoms with Crippen LogP contribution >= 0.6 is 0 Å². The highest BCUT2D eigenvalue weighted by Gasteiger charge is 2.34. The van der Waals surface area contributed by atoms with Gasteiger partial charge in [-0.05, 0) is 38.6 Å². The van der Waals surface area contributed by atoms with Gasteiger partial charge in [0, 0.05) is 24.7 Å². The Labute approximate surface area is 102 Å². The van der Waals surface area contributed by atoms with E-state index in [2.05, 4.69) is 44.8 Å². The summed E-state index contributed by atoms with van der Waals surface area (Å²) in [7, 11) is 0. The summed E-state index contributed by atoms with van der Waals surface area (Å²) >= 11 is 0. The number of nitrogens with zero attached hydrogens (tertiary/aromatic N) is 1. The average Bonchev–Trinajstić information content (AvgIpc) is 2.31.